The van der Waals surface area contributed by atoms with Crippen molar-refractivity contribution in [1.82, 2.24) is 15.3 Å². The van der Waals surface area contributed by atoms with E-state index in [-0.39, 0.29) is 19.6 Å². The van der Waals surface area contributed by atoms with Crippen LogP contribution < -0.4 is 11.1 Å². The molecule has 0 bridgehead atoms. The molecule has 6 N–H and O–H groups in total. The summed E-state index contributed by atoms with van der Waals surface area (Å²) < 4.78 is 4.85. The highest BCUT2D eigenvalue weighted by Gasteiger charge is 2.46. The normalized spacial score (nSPS) is 16.0. The predicted molar refractivity (Wildman–Crippen MR) is 85.9 cm³/mol. The van der Waals surface area contributed by atoms with Gasteiger partial charge in [0.25, 0.3) is 0 Å². The summed E-state index contributed by atoms with van der Waals surface area (Å²) in [4.78, 5) is 29.8. The zero-order chi connectivity index (χ0) is 18.2. The van der Waals surface area contributed by atoms with Gasteiger partial charge in [-0.2, -0.15) is 0 Å². The molecule has 0 spiro atoms. The lowest BCUT2D eigenvalue weighted by atomic mass is 9.87. The first kappa shape index (κ1) is 20.1. The van der Waals surface area contributed by atoms with Gasteiger partial charge in [0, 0.05) is 24.9 Å². The smallest absolute Gasteiger partial charge is 0.330 e. The van der Waals surface area contributed by atoms with Gasteiger partial charge < -0.3 is 31.0 Å². The number of esters is 1. The summed E-state index contributed by atoms with van der Waals surface area (Å²) in [5, 5.41) is 22.8. The van der Waals surface area contributed by atoms with E-state index in [4.69, 9.17) is 10.5 Å². The average Bonchev–Trinajstić information content (AvgIpc) is 3.05. The molecule has 3 unspecified atom stereocenters. The molecule has 1 amide bonds. The van der Waals surface area contributed by atoms with Gasteiger partial charge in [-0.3, -0.25) is 4.79 Å². The quantitative estimate of drug-likeness (QED) is 0.246. The number of carbonyl (C=O) groups excluding carboxylic acids is 2. The Morgan fingerprint density at radius 1 is 1.54 bits per heavy atom. The van der Waals surface area contributed by atoms with Crippen molar-refractivity contribution in [2.75, 3.05) is 13.2 Å². The Labute approximate surface area is 140 Å². The van der Waals surface area contributed by atoms with Gasteiger partial charge in [-0.15, -0.1) is 0 Å². The largest absolute Gasteiger partial charge is 0.464 e. The van der Waals surface area contributed by atoms with Crippen LogP contribution in [-0.4, -0.2) is 63.5 Å². The molecule has 1 aromatic rings. The van der Waals surface area contributed by atoms with Crippen LogP contribution in [0.2, 0.25) is 0 Å². The van der Waals surface area contributed by atoms with Crippen LogP contribution in [0.5, 0.6) is 0 Å². The van der Waals surface area contributed by atoms with Gasteiger partial charge in [0.15, 0.2) is 5.54 Å². The minimum Gasteiger partial charge on any atom is -0.464 e. The van der Waals surface area contributed by atoms with Crippen molar-refractivity contribution in [3.63, 3.8) is 0 Å². The van der Waals surface area contributed by atoms with Gasteiger partial charge in [-0.1, -0.05) is 6.92 Å². The highest BCUT2D eigenvalue weighted by molar-refractivity contribution is 5.82. The summed E-state index contributed by atoms with van der Waals surface area (Å²) in [5.41, 5.74) is 4.80. The third-order valence-electron chi connectivity index (χ3n) is 3.75. The van der Waals surface area contributed by atoms with E-state index in [1.165, 1.54) is 0 Å². The lowest BCUT2D eigenvalue weighted by molar-refractivity contribution is -0.158. The molecule has 0 saturated carbocycles. The number of aromatic amines is 1. The molecule has 0 aliphatic carbocycles. The second-order valence-corrected chi connectivity index (χ2v) is 5.52. The van der Waals surface area contributed by atoms with E-state index in [0.717, 1.165) is 17.9 Å². The van der Waals surface area contributed by atoms with Gasteiger partial charge in [0.1, 0.15) is 11.9 Å². The third-order valence-corrected chi connectivity index (χ3v) is 3.75. The molecule has 1 aromatic heterocycles. The van der Waals surface area contributed by atoms with Crippen molar-refractivity contribution in [1.29, 1.82) is 0 Å². The van der Waals surface area contributed by atoms with E-state index in [9.17, 15) is 19.8 Å². The lowest BCUT2D eigenvalue weighted by Gasteiger charge is -2.34. The first-order valence-corrected chi connectivity index (χ1v) is 7.91. The maximum absolute atomic E-state index is 12.0. The van der Waals surface area contributed by atoms with Crippen molar-refractivity contribution < 1.29 is 24.5 Å². The molecule has 9 nitrogen and oxygen atoms in total. The van der Waals surface area contributed by atoms with Crippen molar-refractivity contribution in [3.05, 3.63) is 17.7 Å². The molecule has 1 heterocycles. The summed E-state index contributed by atoms with van der Waals surface area (Å²) in [6.45, 7) is 3.27. The van der Waals surface area contributed by atoms with E-state index >= 15 is 0 Å². The van der Waals surface area contributed by atoms with Crippen molar-refractivity contribution >= 4 is 12.4 Å². The standard InChI is InChI=1S/C15H26N4O5/c1-3-12-18-7-10(19-12)5-6-11(21)13(22)15(16,8-17-9-20)14(23)24-4-2/h7,9,11,13,21-22H,3-6,8,16H2,1-2H3,(H,17,20)(H,18,19). The first-order chi connectivity index (χ1) is 11.4. The maximum Gasteiger partial charge on any atom is 0.330 e. The van der Waals surface area contributed by atoms with Crippen molar-refractivity contribution in [2.45, 2.75) is 50.9 Å². The number of aliphatic hydroxyl groups is 2. The fourth-order valence-corrected chi connectivity index (χ4v) is 2.29. The van der Waals surface area contributed by atoms with Crippen LogP contribution in [0.15, 0.2) is 6.20 Å². The third kappa shape index (κ3) is 5.02. The molecule has 0 aromatic carbocycles. The number of carbonyl (C=O) groups is 2. The number of H-pyrrole nitrogens is 1. The highest BCUT2D eigenvalue weighted by Crippen LogP contribution is 2.17. The number of hydrogen-bond donors (Lipinski definition) is 5. The van der Waals surface area contributed by atoms with Gasteiger partial charge in [0.2, 0.25) is 6.41 Å². The number of nitrogens with two attached hydrogens (primary N) is 1. The van der Waals surface area contributed by atoms with E-state index < -0.39 is 23.7 Å². The molecular formula is C15H26N4O5. The maximum atomic E-state index is 12.0. The minimum atomic E-state index is -1.93. The SMILES string of the molecule is CCOC(=O)C(N)(CNC=O)C(O)C(O)CCc1cnc(CC)[nH]1. The van der Waals surface area contributed by atoms with Crippen LogP contribution >= 0.6 is 0 Å². The number of rotatable bonds is 11. The second-order valence-electron chi connectivity index (χ2n) is 5.52. The van der Waals surface area contributed by atoms with Crippen molar-refractivity contribution in [2.24, 2.45) is 5.73 Å². The number of aromatic nitrogens is 2. The number of aryl methyl sites for hydroxylation is 2. The number of aliphatic hydroxyl groups excluding tert-OH is 2. The molecule has 0 radical (unpaired) electrons. The number of nitrogens with zero attached hydrogens (tertiary/aromatic N) is 1. The zero-order valence-corrected chi connectivity index (χ0v) is 14.0. The molecule has 1 rings (SSSR count). The topological polar surface area (TPSA) is 151 Å². The summed E-state index contributed by atoms with van der Waals surface area (Å²) in [6.07, 6.45) is 0.483. The molecular weight excluding hydrogens is 316 g/mol. The Morgan fingerprint density at radius 2 is 2.25 bits per heavy atom. The molecule has 9 heteroatoms. The molecule has 0 aliphatic heterocycles. The van der Waals surface area contributed by atoms with Crippen LogP contribution in [0.25, 0.3) is 0 Å². The Bertz CT molecular complexity index is 536. The molecule has 24 heavy (non-hydrogen) atoms. The second kappa shape index (κ2) is 9.36. The molecule has 3 atom stereocenters. The molecule has 136 valence electrons. The fourth-order valence-electron chi connectivity index (χ4n) is 2.29. The summed E-state index contributed by atoms with van der Waals surface area (Å²) in [5.74, 6) is -0.0596. The number of imidazole rings is 1. The van der Waals surface area contributed by atoms with Crippen LogP contribution in [0, 0.1) is 0 Å². The van der Waals surface area contributed by atoms with E-state index in [1.54, 1.807) is 13.1 Å². The number of amides is 1. The van der Waals surface area contributed by atoms with Crippen LogP contribution in [0.3, 0.4) is 0 Å². The Kier molecular flexibility index (Phi) is 7.83. The number of nitrogens with one attached hydrogen (secondary N) is 2. The number of ether oxygens (including phenoxy) is 1. The summed E-state index contributed by atoms with van der Waals surface area (Å²) in [7, 11) is 0. The van der Waals surface area contributed by atoms with Gasteiger partial charge in [-0.25, -0.2) is 9.78 Å². The van der Waals surface area contributed by atoms with E-state index in [1.807, 2.05) is 6.92 Å². The van der Waals surface area contributed by atoms with Crippen molar-refractivity contribution in [3.8, 4) is 0 Å². The highest BCUT2D eigenvalue weighted by atomic mass is 16.5. The summed E-state index contributed by atoms with van der Waals surface area (Å²) in [6, 6.07) is 0. The van der Waals surface area contributed by atoms with Gasteiger partial charge in [0.05, 0.1) is 12.7 Å². The monoisotopic (exact) mass is 342 g/mol. The van der Waals surface area contributed by atoms with Crippen LogP contribution in [0.4, 0.5) is 0 Å². The Morgan fingerprint density at radius 3 is 2.79 bits per heavy atom. The molecule has 0 saturated heterocycles. The van der Waals surface area contributed by atoms with E-state index in [0.29, 0.717) is 12.8 Å². The van der Waals surface area contributed by atoms with Gasteiger partial charge >= 0.3 is 5.97 Å². The fraction of sp³-hybridized carbons (Fsp3) is 0.667. The van der Waals surface area contributed by atoms with Gasteiger partial charge in [-0.05, 0) is 19.8 Å². The number of hydrogen-bond acceptors (Lipinski definition) is 7. The summed E-state index contributed by atoms with van der Waals surface area (Å²) >= 11 is 0. The molecule has 0 fully saturated rings. The van der Waals surface area contributed by atoms with Crippen LogP contribution in [-0.2, 0) is 27.2 Å². The molecule has 0 aliphatic rings. The minimum absolute atomic E-state index is 0.0651. The zero-order valence-electron chi connectivity index (χ0n) is 14.0. The first-order valence-electron chi connectivity index (χ1n) is 7.91. The Balaban J connectivity index is 2.74. The lowest BCUT2D eigenvalue weighted by Crippen LogP contribution is -2.66. The average molecular weight is 342 g/mol. The predicted octanol–water partition coefficient (Wildman–Crippen LogP) is -1.37. The van der Waals surface area contributed by atoms with E-state index in [2.05, 4.69) is 15.3 Å². The Hall–Kier alpha value is -1.97. The van der Waals surface area contributed by atoms with Crippen LogP contribution in [0.1, 0.15) is 31.8 Å².